The second-order valence-electron chi connectivity index (χ2n) is 7.00. The molecular formula is C22H22N6O. The number of pyridine rings is 1. The summed E-state index contributed by atoms with van der Waals surface area (Å²) in [5.74, 6) is 1.22. The van der Waals surface area contributed by atoms with Gasteiger partial charge in [0, 0.05) is 55.1 Å². The van der Waals surface area contributed by atoms with Crippen LogP contribution in [0.4, 0.5) is 23.1 Å². The lowest BCUT2D eigenvalue weighted by molar-refractivity contribution is 0.102. The van der Waals surface area contributed by atoms with Gasteiger partial charge >= 0.3 is 0 Å². The summed E-state index contributed by atoms with van der Waals surface area (Å²) in [6.45, 7) is 1.93. The SMILES string of the molecule is Cc1cc(N(C)C)nc(Nc2ccc(NC(=O)c3cc4ccccn4c3)cc2)n1. The fourth-order valence-corrected chi connectivity index (χ4v) is 2.99. The van der Waals surface area contributed by atoms with Gasteiger partial charge in [0.15, 0.2) is 0 Å². The molecule has 0 aliphatic heterocycles. The molecule has 2 N–H and O–H groups in total. The van der Waals surface area contributed by atoms with Gasteiger partial charge in [-0.2, -0.15) is 4.98 Å². The molecule has 0 saturated carbocycles. The van der Waals surface area contributed by atoms with Crippen molar-refractivity contribution in [2.45, 2.75) is 6.92 Å². The quantitative estimate of drug-likeness (QED) is 0.540. The lowest BCUT2D eigenvalue weighted by Crippen LogP contribution is -2.12. The van der Waals surface area contributed by atoms with E-state index in [1.54, 1.807) is 0 Å². The first kappa shape index (κ1) is 18.5. The number of hydrogen-bond acceptors (Lipinski definition) is 5. The van der Waals surface area contributed by atoms with E-state index in [-0.39, 0.29) is 5.91 Å². The Labute approximate surface area is 169 Å². The molecule has 1 amide bonds. The predicted molar refractivity (Wildman–Crippen MR) is 116 cm³/mol. The van der Waals surface area contributed by atoms with E-state index in [0.29, 0.717) is 11.5 Å². The van der Waals surface area contributed by atoms with E-state index < -0.39 is 0 Å². The molecule has 0 fully saturated rings. The number of aromatic nitrogens is 3. The number of aryl methyl sites for hydroxylation is 1. The summed E-state index contributed by atoms with van der Waals surface area (Å²) in [4.78, 5) is 23.4. The highest BCUT2D eigenvalue weighted by atomic mass is 16.1. The van der Waals surface area contributed by atoms with Crippen LogP contribution in [0.1, 0.15) is 16.1 Å². The zero-order valence-corrected chi connectivity index (χ0v) is 16.5. The molecule has 0 spiro atoms. The Balaban J connectivity index is 1.46. The topological polar surface area (TPSA) is 74.6 Å². The van der Waals surface area contributed by atoms with Gasteiger partial charge in [0.05, 0.1) is 5.56 Å². The number of nitrogens with zero attached hydrogens (tertiary/aromatic N) is 4. The Morgan fingerprint density at radius 3 is 2.48 bits per heavy atom. The maximum atomic E-state index is 12.5. The fourth-order valence-electron chi connectivity index (χ4n) is 2.99. The van der Waals surface area contributed by atoms with Crippen LogP contribution in [0.15, 0.2) is 67.0 Å². The van der Waals surface area contributed by atoms with Crippen molar-refractivity contribution in [2.24, 2.45) is 0 Å². The molecule has 0 unspecified atom stereocenters. The van der Waals surface area contributed by atoms with Crippen LogP contribution in [0.5, 0.6) is 0 Å². The van der Waals surface area contributed by atoms with Crippen molar-refractivity contribution in [3.63, 3.8) is 0 Å². The Bertz CT molecular complexity index is 1130. The first-order chi connectivity index (χ1) is 14.0. The minimum atomic E-state index is -0.146. The second-order valence-corrected chi connectivity index (χ2v) is 7.00. The van der Waals surface area contributed by atoms with Gasteiger partial charge < -0.3 is 19.9 Å². The second kappa shape index (κ2) is 7.63. The highest BCUT2D eigenvalue weighted by Gasteiger charge is 2.09. The van der Waals surface area contributed by atoms with Crippen LogP contribution in [0, 0.1) is 6.92 Å². The third-order valence-corrected chi connectivity index (χ3v) is 4.46. The van der Waals surface area contributed by atoms with E-state index >= 15 is 0 Å². The average molecular weight is 386 g/mol. The molecule has 0 saturated heterocycles. The van der Waals surface area contributed by atoms with Crippen molar-refractivity contribution >= 4 is 34.6 Å². The van der Waals surface area contributed by atoms with Crippen LogP contribution in [0.3, 0.4) is 0 Å². The summed E-state index contributed by atoms with van der Waals surface area (Å²) >= 11 is 0. The maximum absolute atomic E-state index is 12.5. The van der Waals surface area contributed by atoms with Crippen molar-refractivity contribution < 1.29 is 4.79 Å². The zero-order chi connectivity index (χ0) is 20.4. The number of fused-ring (bicyclic) bond motifs is 1. The molecule has 1 aromatic carbocycles. The van der Waals surface area contributed by atoms with Crippen LogP contribution >= 0.6 is 0 Å². The third-order valence-electron chi connectivity index (χ3n) is 4.46. The van der Waals surface area contributed by atoms with Crippen LogP contribution in [0.2, 0.25) is 0 Å². The minimum Gasteiger partial charge on any atom is -0.363 e. The highest BCUT2D eigenvalue weighted by molar-refractivity contribution is 6.05. The standard InChI is InChI=1S/C22H22N6O/c1-15-12-20(27(2)3)26-22(23-15)25-18-9-7-17(8-10-18)24-21(29)16-13-19-6-4-5-11-28(19)14-16/h4-14H,1-3H3,(H,24,29)(H,23,25,26). The van der Waals surface area contributed by atoms with E-state index in [4.69, 9.17) is 0 Å². The predicted octanol–water partition coefficient (Wildman–Crippen LogP) is 4.10. The van der Waals surface area contributed by atoms with Gasteiger partial charge in [0.1, 0.15) is 5.82 Å². The largest absolute Gasteiger partial charge is 0.363 e. The normalized spacial score (nSPS) is 10.7. The summed E-state index contributed by atoms with van der Waals surface area (Å²) in [7, 11) is 3.88. The number of amides is 1. The first-order valence-electron chi connectivity index (χ1n) is 9.26. The van der Waals surface area contributed by atoms with Gasteiger partial charge in [0.2, 0.25) is 5.95 Å². The van der Waals surface area contributed by atoms with Crippen LogP contribution < -0.4 is 15.5 Å². The minimum absolute atomic E-state index is 0.146. The molecule has 3 aromatic heterocycles. The van der Waals surface area contributed by atoms with Gasteiger partial charge in [-0.05, 0) is 49.4 Å². The van der Waals surface area contributed by atoms with Gasteiger partial charge in [-0.3, -0.25) is 4.79 Å². The Morgan fingerprint density at radius 1 is 1.00 bits per heavy atom. The number of hydrogen-bond donors (Lipinski definition) is 2. The molecule has 3 heterocycles. The molecule has 29 heavy (non-hydrogen) atoms. The zero-order valence-electron chi connectivity index (χ0n) is 16.5. The molecule has 146 valence electrons. The van der Waals surface area contributed by atoms with Gasteiger partial charge in [0.25, 0.3) is 5.91 Å². The Kier molecular flexibility index (Phi) is 4.87. The fraction of sp³-hybridized carbons (Fsp3) is 0.136. The molecule has 4 aromatic rings. The van der Waals surface area contributed by atoms with E-state index in [9.17, 15) is 4.79 Å². The summed E-state index contributed by atoms with van der Waals surface area (Å²) in [6.07, 6.45) is 3.74. The molecule has 0 aliphatic rings. The van der Waals surface area contributed by atoms with Crippen LogP contribution in [-0.2, 0) is 0 Å². The lowest BCUT2D eigenvalue weighted by atomic mass is 10.2. The first-order valence-corrected chi connectivity index (χ1v) is 9.26. The number of rotatable bonds is 5. The number of anilines is 4. The van der Waals surface area contributed by atoms with E-state index in [1.807, 2.05) is 97.3 Å². The van der Waals surface area contributed by atoms with Crippen molar-refractivity contribution in [3.8, 4) is 0 Å². The average Bonchev–Trinajstić information content (AvgIpc) is 3.13. The molecule has 0 radical (unpaired) electrons. The molecule has 7 nitrogen and oxygen atoms in total. The smallest absolute Gasteiger partial charge is 0.257 e. The van der Waals surface area contributed by atoms with E-state index in [0.717, 1.165) is 28.4 Å². The van der Waals surface area contributed by atoms with Gasteiger partial charge in [-0.1, -0.05) is 6.07 Å². The molecule has 7 heteroatoms. The Hall–Kier alpha value is -3.87. The van der Waals surface area contributed by atoms with Crippen molar-refractivity contribution in [3.05, 3.63) is 78.2 Å². The molecular weight excluding hydrogens is 364 g/mol. The molecule has 0 aliphatic carbocycles. The molecule has 0 atom stereocenters. The number of benzene rings is 1. The highest BCUT2D eigenvalue weighted by Crippen LogP contribution is 2.20. The molecule has 4 rings (SSSR count). The maximum Gasteiger partial charge on any atom is 0.257 e. The van der Waals surface area contributed by atoms with Crippen molar-refractivity contribution in [1.82, 2.24) is 14.4 Å². The molecule has 0 bridgehead atoms. The van der Waals surface area contributed by atoms with Gasteiger partial charge in [-0.15, -0.1) is 0 Å². The third kappa shape index (κ3) is 4.19. The van der Waals surface area contributed by atoms with Crippen LogP contribution in [0.25, 0.3) is 5.52 Å². The van der Waals surface area contributed by atoms with E-state index in [1.165, 1.54) is 0 Å². The lowest BCUT2D eigenvalue weighted by Gasteiger charge is -2.14. The number of carbonyl (C=O) groups excluding carboxylic acids is 1. The summed E-state index contributed by atoms with van der Waals surface area (Å²) in [6, 6.07) is 17.1. The Morgan fingerprint density at radius 2 is 1.76 bits per heavy atom. The summed E-state index contributed by atoms with van der Waals surface area (Å²) in [5, 5.41) is 6.13. The number of carbonyl (C=O) groups is 1. The van der Waals surface area contributed by atoms with E-state index in [2.05, 4.69) is 20.6 Å². The summed E-state index contributed by atoms with van der Waals surface area (Å²) in [5.41, 5.74) is 4.04. The van der Waals surface area contributed by atoms with Gasteiger partial charge in [-0.25, -0.2) is 4.98 Å². The van der Waals surface area contributed by atoms with Crippen LogP contribution in [-0.4, -0.2) is 34.4 Å². The summed E-state index contributed by atoms with van der Waals surface area (Å²) < 4.78 is 1.92. The monoisotopic (exact) mass is 386 g/mol. The van der Waals surface area contributed by atoms with Crippen molar-refractivity contribution in [1.29, 1.82) is 0 Å². The van der Waals surface area contributed by atoms with Crippen molar-refractivity contribution in [2.75, 3.05) is 29.6 Å². The number of nitrogens with one attached hydrogen (secondary N) is 2.